The van der Waals surface area contributed by atoms with Gasteiger partial charge in [0.1, 0.15) is 6.61 Å². The number of halogens is 3. The number of alkyl halides is 1. The minimum Gasteiger partial charge on any atom is -0.461 e. The van der Waals surface area contributed by atoms with Crippen LogP contribution in [0.3, 0.4) is 0 Å². The minimum atomic E-state index is -0.412. The standard InChI is InChI=1S/C18H21Cl2IO3/c19-12-6-7-13(14(20)9-12)18(22)23-10-15(21)17-8-5-11-3-1-2-4-16(11)24-17/h6-7,9,11,15-17H,1-5,8,10H2/t11-,15-,16+,17+/m0/s1. The molecular formula is C18H21Cl2IO3. The van der Waals surface area contributed by atoms with Gasteiger partial charge in [0.2, 0.25) is 0 Å². The fraction of sp³-hybridized carbons (Fsp3) is 0.611. The first-order chi connectivity index (χ1) is 11.5. The predicted octanol–water partition coefficient (Wildman–Crippen LogP) is 5.69. The van der Waals surface area contributed by atoms with Crippen molar-refractivity contribution in [2.24, 2.45) is 5.92 Å². The van der Waals surface area contributed by atoms with E-state index in [2.05, 4.69) is 22.6 Å². The molecule has 4 atom stereocenters. The predicted molar refractivity (Wildman–Crippen MR) is 104 cm³/mol. The van der Waals surface area contributed by atoms with Crippen LogP contribution in [0.5, 0.6) is 0 Å². The lowest BCUT2D eigenvalue weighted by Crippen LogP contribution is -2.42. The van der Waals surface area contributed by atoms with E-state index in [0.717, 1.165) is 12.3 Å². The molecule has 1 aromatic carbocycles. The van der Waals surface area contributed by atoms with Gasteiger partial charge in [-0.3, -0.25) is 0 Å². The van der Waals surface area contributed by atoms with Crippen molar-refractivity contribution in [1.82, 2.24) is 0 Å². The number of carbonyl (C=O) groups is 1. The second kappa shape index (κ2) is 8.56. The molecule has 0 aromatic heterocycles. The van der Waals surface area contributed by atoms with Crippen LogP contribution >= 0.6 is 45.8 Å². The normalized spacial score (nSPS) is 28.0. The maximum Gasteiger partial charge on any atom is 0.339 e. The maximum absolute atomic E-state index is 12.2. The van der Waals surface area contributed by atoms with Gasteiger partial charge in [-0.1, -0.05) is 58.6 Å². The molecular weight excluding hydrogens is 462 g/mol. The van der Waals surface area contributed by atoms with Crippen LogP contribution in [0, 0.1) is 5.92 Å². The van der Waals surface area contributed by atoms with Crippen LogP contribution in [0.2, 0.25) is 10.0 Å². The molecule has 0 unspecified atom stereocenters. The Bertz CT molecular complexity index is 596. The number of ether oxygens (including phenoxy) is 2. The van der Waals surface area contributed by atoms with E-state index in [4.69, 9.17) is 32.7 Å². The molecule has 3 rings (SSSR count). The summed E-state index contributed by atoms with van der Waals surface area (Å²) in [5, 5.41) is 0.817. The fourth-order valence-corrected chi connectivity index (χ4v) is 4.81. The van der Waals surface area contributed by atoms with Gasteiger partial charge in [0.05, 0.1) is 26.7 Å². The lowest BCUT2D eigenvalue weighted by Gasteiger charge is -2.40. The smallest absolute Gasteiger partial charge is 0.339 e. The van der Waals surface area contributed by atoms with E-state index in [1.807, 2.05) is 0 Å². The average Bonchev–Trinajstić information content (AvgIpc) is 2.59. The van der Waals surface area contributed by atoms with E-state index in [1.165, 1.54) is 32.1 Å². The first-order valence-corrected chi connectivity index (χ1v) is 10.5. The Kier molecular flexibility index (Phi) is 6.69. The zero-order valence-electron chi connectivity index (χ0n) is 13.3. The number of carbonyl (C=O) groups excluding carboxylic acids is 1. The SMILES string of the molecule is O=C(OC[C@H](I)[C@H]1CC[C@@H]2CCCC[C@H]2O1)c1ccc(Cl)cc1Cl. The zero-order chi connectivity index (χ0) is 17.1. The Morgan fingerprint density at radius 3 is 2.83 bits per heavy atom. The van der Waals surface area contributed by atoms with Gasteiger partial charge in [-0.05, 0) is 49.8 Å². The van der Waals surface area contributed by atoms with Gasteiger partial charge in [-0.15, -0.1) is 0 Å². The van der Waals surface area contributed by atoms with Crippen molar-refractivity contribution in [2.75, 3.05) is 6.61 Å². The highest BCUT2D eigenvalue weighted by Gasteiger charge is 2.35. The number of fused-ring (bicyclic) bond motifs is 1. The van der Waals surface area contributed by atoms with Crippen molar-refractivity contribution >= 4 is 51.8 Å². The summed E-state index contributed by atoms with van der Waals surface area (Å²) >= 11 is 14.2. The Morgan fingerprint density at radius 1 is 1.25 bits per heavy atom. The summed E-state index contributed by atoms with van der Waals surface area (Å²) in [4.78, 5) is 12.2. The molecule has 2 aliphatic rings. The molecule has 2 fully saturated rings. The molecule has 3 nitrogen and oxygen atoms in total. The molecule has 1 aliphatic heterocycles. The summed E-state index contributed by atoms with van der Waals surface area (Å²) in [6, 6.07) is 4.78. The monoisotopic (exact) mass is 482 g/mol. The summed E-state index contributed by atoms with van der Waals surface area (Å²) in [7, 11) is 0. The van der Waals surface area contributed by atoms with Gasteiger partial charge in [-0.2, -0.15) is 0 Å². The lowest BCUT2D eigenvalue weighted by molar-refractivity contribution is -0.100. The molecule has 1 saturated heterocycles. The van der Waals surface area contributed by atoms with Crippen LogP contribution in [0.25, 0.3) is 0 Å². The van der Waals surface area contributed by atoms with Crippen LogP contribution in [0.4, 0.5) is 0 Å². The Morgan fingerprint density at radius 2 is 2.04 bits per heavy atom. The molecule has 6 heteroatoms. The Balaban J connectivity index is 1.51. The molecule has 0 bridgehead atoms. The third kappa shape index (κ3) is 4.57. The molecule has 24 heavy (non-hydrogen) atoms. The summed E-state index contributed by atoms with van der Waals surface area (Å²) < 4.78 is 11.9. The van der Waals surface area contributed by atoms with Crippen molar-refractivity contribution in [1.29, 1.82) is 0 Å². The highest BCUT2D eigenvalue weighted by Crippen LogP contribution is 2.37. The molecule has 0 spiro atoms. The van der Waals surface area contributed by atoms with Gasteiger partial charge in [0, 0.05) is 5.02 Å². The first-order valence-electron chi connectivity index (χ1n) is 8.46. The largest absolute Gasteiger partial charge is 0.461 e. The Hall–Kier alpha value is -0.0400. The van der Waals surface area contributed by atoms with Crippen LogP contribution in [0.15, 0.2) is 18.2 Å². The molecule has 1 heterocycles. The second-order valence-electron chi connectivity index (χ2n) is 6.57. The quantitative estimate of drug-likeness (QED) is 0.314. The van der Waals surface area contributed by atoms with Crippen LogP contribution in [0.1, 0.15) is 48.9 Å². The highest BCUT2D eigenvalue weighted by molar-refractivity contribution is 14.1. The van der Waals surface area contributed by atoms with Crippen LogP contribution in [-0.4, -0.2) is 28.7 Å². The van der Waals surface area contributed by atoms with Gasteiger partial charge < -0.3 is 9.47 Å². The van der Waals surface area contributed by atoms with Gasteiger partial charge in [0.25, 0.3) is 0 Å². The molecule has 1 aromatic rings. The highest BCUT2D eigenvalue weighted by atomic mass is 127. The van der Waals surface area contributed by atoms with E-state index in [-0.39, 0.29) is 10.0 Å². The fourth-order valence-electron chi connectivity index (χ4n) is 3.62. The average molecular weight is 483 g/mol. The third-order valence-corrected chi connectivity index (χ3v) is 6.65. The van der Waals surface area contributed by atoms with Gasteiger partial charge >= 0.3 is 5.97 Å². The zero-order valence-corrected chi connectivity index (χ0v) is 17.0. The van der Waals surface area contributed by atoms with Crippen molar-refractivity contribution in [3.63, 3.8) is 0 Å². The van der Waals surface area contributed by atoms with Crippen molar-refractivity contribution in [3.8, 4) is 0 Å². The van der Waals surface area contributed by atoms with Crippen LogP contribution < -0.4 is 0 Å². The maximum atomic E-state index is 12.2. The van der Waals surface area contributed by atoms with Crippen molar-refractivity contribution < 1.29 is 14.3 Å². The second-order valence-corrected chi connectivity index (χ2v) is 9.02. The first kappa shape index (κ1) is 18.7. The molecule has 1 aliphatic carbocycles. The molecule has 0 N–H and O–H groups in total. The van der Waals surface area contributed by atoms with Crippen molar-refractivity contribution in [3.05, 3.63) is 33.8 Å². The number of hydrogen-bond acceptors (Lipinski definition) is 3. The summed E-state index contributed by atoms with van der Waals surface area (Å²) in [5.74, 6) is 0.318. The van der Waals surface area contributed by atoms with Crippen molar-refractivity contribution in [2.45, 2.75) is 54.7 Å². The number of benzene rings is 1. The van der Waals surface area contributed by atoms with E-state index in [0.29, 0.717) is 28.3 Å². The number of rotatable bonds is 4. The Labute approximate surface area is 166 Å². The van der Waals surface area contributed by atoms with E-state index in [9.17, 15) is 4.79 Å². The molecule has 0 amide bonds. The van der Waals surface area contributed by atoms with E-state index in [1.54, 1.807) is 18.2 Å². The number of hydrogen-bond donors (Lipinski definition) is 0. The summed E-state index contributed by atoms with van der Waals surface area (Å²) in [6.07, 6.45) is 7.92. The summed E-state index contributed by atoms with van der Waals surface area (Å²) in [6.45, 7) is 0.334. The van der Waals surface area contributed by atoms with Gasteiger partial charge in [0.15, 0.2) is 0 Å². The lowest BCUT2D eigenvalue weighted by atomic mass is 9.80. The topological polar surface area (TPSA) is 35.5 Å². The number of esters is 1. The molecule has 1 saturated carbocycles. The van der Waals surface area contributed by atoms with Gasteiger partial charge in [-0.25, -0.2) is 4.79 Å². The van der Waals surface area contributed by atoms with E-state index < -0.39 is 5.97 Å². The third-order valence-electron chi connectivity index (χ3n) is 4.94. The molecule has 132 valence electrons. The molecule has 0 radical (unpaired) electrons. The van der Waals surface area contributed by atoms with E-state index >= 15 is 0 Å². The summed E-state index contributed by atoms with van der Waals surface area (Å²) in [5.41, 5.74) is 0.349. The van der Waals surface area contributed by atoms with Crippen LogP contribution in [-0.2, 0) is 9.47 Å². The minimum absolute atomic E-state index is 0.153.